The molecule has 2 aromatic heterocycles. The van der Waals surface area contributed by atoms with Crippen LogP contribution in [0.1, 0.15) is 41.7 Å². The van der Waals surface area contributed by atoms with Crippen LogP contribution in [-0.2, 0) is 15.1 Å². The van der Waals surface area contributed by atoms with E-state index in [0.29, 0.717) is 11.3 Å². The molecule has 1 aliphatic carbocycles. The number of aliphatic hydroxyl groups is 1. The number of fused-ring (bicyclic) bond motifs is 2. The number of pyridine rings is 1. The van der Waals surface area contributed by atoms with E-state index < -0.39 is 34.7 Å². The number of hydrogen-bond donors (Lipinski definition) is 2. The highest BCUT2D eigenvalue weighted by Crippen LogP contribution is 2.48. The SMILES string of the molecule is O=C1OC2(CCC(O)(C(=O)Nc3cnn(-c4cc(F)cc(F)c4)c3)CC2)c2ncccc21. The normalized spacial score (nSPS) is 24.3. The van der Waals surface area contributed by atoms with Gasteiger partial charge in [0.2, 0.25) is 0 Å². The summed E-state index contributed by atoms with van der Waals surface area (Å²) in [4.78, 5) is 29.3. The number of carbonyl (C=O) groups is 2. The van der Waals surface area contributed by atoms with Crippen molar-refractivity contribution in [1.82, 2.24) is 14.8 Å². The van der Waals surface area contributed by atoms with Crippen LogP contribution in [0.3, 0.4) is 0 Å². The van der Waals surface area contributed by atoms with E-state index in [2.05, 4.69) is 15.4 Å². The lowest BCUT2D eigenvalue weighted by atomic mass is 9.74. The second-order valence-electron chi connectivity index (χ2n) is 8.07. The monoisotopic (exact) mass is 440 g/mol. The molecular formula is C22H18F2N4O4. The number of ether oxygens (including phenoxy) is 1. The maximum Gasteiger partial charge on any atom is 0.341 e. The van der Waals surface area contributed by atoms with E-state index in [0.717, 1.165) is 18.2 Å². The third-order valence-electron chi connectivity index (χ3n) is 6.01. The van der Waals surface area contributed by atoms with Gasteiger partial charge in [0, 0.05) is 12.3 Å². The number of nitrogens with one attached hydrogen (secondary N) is 1. The molecule has 0 bridgehead atoms. The van der Waals surface area contributed by atoms with Gasteiger partial charge in [-0.3, -0.25) is 9.78 Å². The highest BCUT2D eigenvalue weighted by Gasteiger charge is 2.53. The van der Waals surface area contributed by atoms with Crippen molar-refractivity contribution in [3.05, 3.63) is 71.8 Å². The lowest BCUT2D eigenvalue weighted by Gasteiger charge is -2.39. The minimum atomic E-state index is -1.68. The molecule has 0 saturated heterocycles. The van der Waals surface area contributed by atoms with Crippen molar-refractivity contribution in [2.24, 2.45) is 0 Å². The van der Waals surface area contributed by atoms with Crippen LogP contribution >= 0.6 is 0 Å². The second-order valence-corrected chi connectivity index (χ2v) is 8.07. The Balaban J connectivity index is 1.29. The van der Waals surface area contributed by atoms with Crippen molar-refractivity contribution in [3.63, 3.8) is 0 Å². The quantitative estimate of drug-likeness (QED) is 0.607. The molecule has 3 heterocycles. The summed E-state index contributed by atoms with van der Waals surface area (Å²) in [5.74, 6) is -2.60. The van der Waals surface area contributed by atoms with Gasteiger partial charge in [0.05, 0.1) is 35.0 Å². The van der Waals surface area contributed by atoms with Gasteiger partial charge in [-0.15, -0.1) is 0 Å². The molecule has 2 aliphatic rings. The lowest BCUT2D eigenvalue weighted by Crippen LogP contribution is -2.49. The van der Waals surface area contributed by atoms with E-state index in [1.165, 1.54) is 17.1 Å². The molecule has 1 amide bonds. The molecule has 164 valence electrons. The average molecular weight is 440 g/mol. The van der Waals surface area contributed by atoms with Crippen molar-refractivity contribution in [1.29, 1.82) is 0 Å². The summed E-state index contributed by atoms with van der Waals surface area (Å²) in [5, 5.41) is 17.6. The van der Waals surface area contributed by atoms with Crippen molar-refractivity contribution in [2.75, 3.05) is 5.32 Å². The Morgan fingerprint density at radius 2 is 1.88 bits per heavy atom. The van der Waals surface area contributed by atoms with Crippen LogP contribution in [0, 0.1) is 11.6 Å². The summed E-state index contributed by atoms with van der Waals surface area (Å²) >= 11 is 0. The summed E-state index contributed by atoms with van der Waals surface area (Å²) in [7, 11) is 0. The van der Waals surface area contributed by atoms with Crippen LogP contribution in [0.5, 0.6) is 0 Å². The molecule has 1 saturated carbocycles. The number of rotatable bonds is 3. The van der Waals surface area contributed by atoms with Crippen molar-refractivity contribution >= 4 is 17.6 Å². The highest BCUT2D eigenvalue weighted by atomic mass is 19.1. The molecule has 1 aromatic carbocycles. The van der Waals surface area contributed by atoms with Gasteiger partial charge in [-0.1, -0.05) is 0 Å². The largest absolute Gasteiger partial charge is 0.449 e. The van der Waals surface area contributed by atoms with Crippen LogP contribution < -0.4 is 5.32 Å². The third kappa shape index (κ3) is 3.32. The zero-order chi connectivity index (χ0) is 22.5. The van der Waals surface area contributed by atoms with Gasteiger partial charge in [-0.05, 0) is 49.9 Å². The zero-order valence-corrected chi connectivity index (χ0v) is 16.7. The molecule has 3 aromatic rings. The Kier molecular flexibility index (Phi) is 4.55. The molecule has 0 unspecified atom stereocenters. The van der Waals surface area contributed by atoms with E-state index in [9.17, 15) is 23.5 Å². The Labute approximate surface area is 180 Å². The van der Waals surface area contributed by atoms with E-state index in [-0.39, 0.29) is 37.1 Å². The first-order valence-corrected chi connectivity index (χ1v) is 10.0. The molecule has 1 spiro atoms. The fraction of sp³-hybridized carbons (Fsp3) is 0.273. The zero-order valence-electron chi connectivity index (χ0n) is 16.7. The van der Waals surface area contributed by atoms with Crippen LogP contribution in [0.15, 0.2) is 48.9 Å². The lowest BCUT2D eigenvalue weighted by molar-refractivity contribution is -0.144. The van der Waals surface area contributed by atoms with Gasteiger partial charge in [0.15, 0.2) is 5.60 Å². The summed E-state index contributed by atoms with van der Waals surface area (Å²) in [6, 6.07) is 6.25. The van der Waals surface area contributed by atoms with Crippen molar-refractivity contribution < 1.29 is 28.2 Å². The van der Waals surface area contributed by atoms with Crippen LogP contribution in [0.2, 0.25) is 0 Å². The number of anilines is 1. The van der Waals surface area contributed by atoms with Crippen molar-refractivity contribution in [3.8, 4) is 5.69 Å². The predicted octanol–water partition coefficient (Wildman–Crippen LogP) is 2.86. The van der Waals surface area contributed by atoms with E-state index in [1.807, 2.05) is 0 Å². The molecule has 0 atom stereocenters. The van der Waals surface area contributed by atoms with Gasteiger partial charge >= 0.3 is 5.97 Å². The number of esters is 1. The Morgan fingerprint density at radius 1 is 1.16 bits per heavy atom. The van der Waals surface area contributed by atoms with Gasteiger partial charge in [0.1, 0.15) is 17.2 Å². The predicted molar refractivity (Wildman–Crippen MR) is 107 cm³/mol. The van der Waals surface area contributed by atoms with Gasteiger partial charge in [-0.25, -0.2) is 18.3 Å². The topological polar surface area (TPSA) is 106 Å². The summed E-state index contributed by atoms with van der Waals surface area (Å²) in [6.07, 6.45) is 4.89. The Bertz CT molecular complexity index is 1210. The van der Waals surface area contributed by atoms with Crippen LogP contribution in [0.25, 0.3) is 5.69 Å². The number of aromatic nitrogens is 3. The fourth-order valence-electron chi connectivity index (χ4n) is 4.29. The average Bonchev–Trinajstić information content (AvgIpc) is 3.33. The summed E-state index contributed by atoms with van der Waals surface area (Å²) < 4.78 is 33.7. The number of benzene rings is 1. The fourth-order valence-corrected chi connectivity index (χ4v) is 4.29. The Hall–Kier alpha value is -3.66. The maximum absolute atomic E-state index is 13.4. The first-order valence-electron chi connectivity index (χ1n) is 10.0. The van der Waals surface area contributed by atoms with E-state index in [4.69, 9.17) is 4.74 Å². The second kappa shape index (κ2) is 7.20. The van der Waals surface area contributed by atoms with Gasteiger partial charge < -0.3 is 15.2 Å². The van der Waals surface area contributed by atoms with Crippen LogP contribution in [-0.4, -0.2) is 37.3 Å². The first-order chi connectivity index (χ1) is 15.3. The van der Waals surface area contributed by atoms with Crippen molar-refractivity contribution in [2.45, 2.75) is 36.9 Å². The maximum atomic E-state index is 13.4. The molecule has 1 fully saturated rings. The van der Waals surface area contributed by atoms with Gasteiger partial charge in [-0.2, -0.15) is 5.10 Å². The molecule has 1 aliphatic heterocycles. The van der Waals surface area contributed by atoms with Gasteiger partial charge in [0.25, 0.3) is 5.91 Å². The van der Waals surface area contributed by atoms with E-state index >= 15 is 0 Å². The molecular weight excluding hydrogens is 422 g/mol. The molecule has 2 N–H and O–H groups in total. The number of hydrogen-bond acceptors (Lipinski definition) is 6. The summed E-state index contributed by atoms with van der Waals surface area (Å²) in [5.41, 5.74) is -1.27. The molecule has 8 nitrogen and oxygen atoms in total. The third-order valence-corrected chi connectivity index (χ3v) is 6.01. The molecule has 5 rings (SSSR count). The molecule has 0 radical (unpaired) electrons. The first kappa shape index (κ1) is 20.3. The Morgan fingerprint density at radius 3 is 2.59 bits per heavy atom. The number of carbonyl (C=O) groups excluding carboxylic acids is 2. The smallest absolute Gasteiger partial charge is 0.341 e. The molecule has 10 heteroatoms. The standard InChI is InChI=1S/C22H18F2N4O4/c23-13-8-14(24)10-16(9-13)28-12-15(11-26-28)27-20(30)21(31)3-5-22(6-4-21)18-17(19(29)32-22)2-1-7-25-18/h1-2,7-12,31H,3-6H2,(H,27,30). The summed E-state index contributed by atoms with van der Waals surface area (Å²) in [6.45, 7) is 0. The molecule has 32 heavy (non-hydrogen) atoms. The minimum Gasteiger partial charge on any atom is -0.449 e. The number of amides is 1. The van der Waals surface area contributed by atoms with E-state index in [1.54, 1.807) is 18.3 Å². The minimum absolute atomic E-state index is 0.0609. The number of halogens is 2. The van der Waals surface area contributed by atoms with Crippen LogP contribution in [0.4, 0.5) is 14.5 Å². The number of nitrogens with zero attached hydrogens (tertiary/aromatic N) is 3. The highest BCUT2D eigenvalue weighted by molar-refractivity contribution is 5.97.